The zero-order chi connectivity index (χ0) is 52.1. The molecule has 0 spiro atoms. The number of carboxylic acid groups (broad SMARTS) is 3. The van der Waals surface area contributed by atoms with Crippen molar-refractivity contribution in [2.45, 2.75) is 137 Å². The van der Waals surface area contributed by atoms with Crippen LogP contribution < -0.4 is 29.6 Å². The maximum atomic E-state index is 13.5. The van der Waals surface area contributed by atoms with Gasteiger partial charge in [-0.25, -0.2) is 14.4 Å². The molecule has 0 saturated heterocycles. The Morgan fingerprint density at radius 1 is 0.408 bits per heavy atom. The van der Waals surface area contributed by atoms with Gasteiger partial charge in [-0.3, -0.25) is 9.59 Å². The fourth-order valence-electron chi connectivity index (χ4n) is 8.39. The first-order chi connectivity index (χ1) is 32.4. The molecule has 2 amide bonds. The average molecular weight is 1120 g/mol. The molecule has 5 rings (SSSR count). The van der Waals surface area contributed by atoms with Gasteiger partial charge in [0, 0.05) is 84.3 Å². The molecule has 5 N–H and O–H groups in total. The number of benzene rings is 4. The molecule has 0 saturated carbocycles. The fourth-order valence-corrected chi connectivity index (χ4v) is 8.39. The maximum absolute atomic E-state index is 13.5. The average Bonchev–Trinajstić information content (AvgIpc) is 3.21. The molecule has 4 aromatic rings. The van der Waals surface area contributed by atoms with Gasteiger partial charge in [0.25, 0.3) is 5.91 Å². The van der Waals surface area contributed by atoms with E-state index in [1.807, 2.05) is 48.5 Å². The molecule has 1 aliphatic carbocycles. The van der Waals surface area contributed by atoms with Gasteiger partial charge in [-0.05, 0) is 88.4 Å². The number of carbonyl (C=O) groups excluding carboxylic acids is 2. The number of hydrogen-bond acceptors (Lipinski definition) is 9. The molecule has 0 aliphatic heterocycles. The summed E-state index contributed by atoms with van der Waals surface area (Å²) < 4.78 is 25.6. The van der Waals surface area contributed by atoms with Crippen molar-refractivity contribution in [2.24, 2.45) is 0 Å². The summed E-state index contributed by atoms with van der Waals surface area (Å²) in [4.78, 5) is 62.0. The molecular weight excluding hydrogens is 1050 g/mol. The van der Waals surface area contributed by atoms with Crippen molar-refractivity contribution in [1.29, 1.82) is 0 Å². The van der Waals surface area contributed by atoms with Crippen LogP contribution in [0, 0.1) is 38.6 Å². The van der Waals surface area contributed by atoms with E-state index in [1.165, 1.54) is 6.92 Å². The molecule has 4 aromatic carbocycles. The Labute approximate surface area is 449 Å². The van der Waals surface area contributed by atoms with Gasteiger partial charge in [0.1, 0.15) is 23.0 Å². The number of aliphatic carboxylic acids is 3. The Morgan fingerprint density at radius 3 is 0.817 bits per heavy atom. The third-order valence-electron chi connectivity index (χ3n) is 12.1. The first-order valence-electron chi connectivity index (χ1n) is 23.7. The molecule has 0 fully saturated rings. The van der Waals surface area contributed by atoms with Crippen LogP contribution in [-0.4, -0.2) is 84.6 Å². The summed E-state index contributed by atoms with van der Waals surface area (Å²) in [6, 6.07) is 16.1. The second-order valence-electron chi connectivity index (χ2n) is 22.4. The number of amides is 2. The van der Waals surface area contributed by atoms with Crippen LogP contribution in [0.3, 0.4) is 0 Å². The second kappa shape index (κ2) is 23.5. The van der Waals surface area contributed by atoms with Crippen LogP contribution in [0.25, 0.3) is 0 Å². The van der Waals surface area contributed by atoms with E-state index in [0.717, 1.165) is 22.3 Å². The van der Waals surface area contributed by atoms with Crippen LogP contribution >= 0.6 is 0 Å². The summed E-state index contributed by atoms with van der Waals surface area (Å²) in [5.41, 5.74) is 7.30. The predicted molar refractivity (Wildman–Crippen MR) is 268 cm³/mol. The van der Waals surface area contributed by atoms with Crippen LogP contribution in [-0.2, 0) is 71.3 Å². The molecule has 387 valence electrons. The Balaban J connectivity index is 0.0000110. The summed E-state index contributed by atoms with van der Waals surface area (Å²) in [6.07, 6.45) is 0.604. The van der Waals surface area contributed by atoms with Gasteiger partial charge in [-0.15, -0.1) is 0 Å². The van der Waals surface area contributed by atoms with Crippen molar-refractivity contribution < 1.29 is 96.9 Å². The molecule has 71 heavy (non-hydrogen) atoms. The number of ether oxygens (including phenoxy) is 4. The van der Waals surface area contributed by atoms with E-state index in [9.17, 15) is 39.3 Å². The van der Waals surface area contributed by atoms with E-state index in [2.05, 4.69) is 93.7 Å². The van der Waals surface area contributed by atoms with E-state index >= 15 is 0 Å². The quantitative estimate of drug-likeness (QED) is 0.0625. The summed E-state index contributed by atoms with van der Waals surface area (Å²) in [5, 5.41) is 35.7. The van der Waals surface area contributed by atoms with Crippen LogP contribution in [0.15, 0.2) is 48.5 Å². The number of fused-ring (bicyclic) bond motifs is 8. The van der Waals surface area contributed by atoms with Crippen LogP contribution in [0.5, 0.6) is 23.0 Å². The third kappa shape index (κ3) is 16.1. The first kappa shape index (κ1) is 58.3. The Morgan fingerprint density at radius 2 is 0.620 bits per heavy atom. The summed E-state index contributed by atoms with van der Waals surface area (Å²) in [5.74, 6) is -2.78. The Hall–Kier alpha value is -5.28. The molecule has 14 nitrogen and oxygen atoms in total. The van der Waals surface area contributed by atoms with Crippen molar-refractivity contribution in [2.75, 3.05) is 39.5 Å². The fraction of sp³-hybridized carbons (Fsp3) is 0.482. The van der Waals surface area contributed by atoms with Gasteiger partial charge < -0.3 is 44.9 Å². The van der Waals surface area contributed by atoms with Gasteiger partial charge in [-0.2, -0.15) is 0 Å². The maximum Gasteiger partial charge on any atom is 0.341 e. The smallest absolute Gasteiger partial charge is 0.341 e. The van der Waals surface area contributed by atoms with E-state index in [4.69, 9.17) is 18.9 Å². The Kier molecular flexibility index (Phi) is 19.3. The molecular formula is C56H72N2O12Tb. The Bertz CT molecular complexity index is 2510. The number of carbonyl (C=O) groups is 5. The third-order valence-corrected chi connectivity index (χ3v) is 12.1. The van der Waals surface area contributed by atoms with E-state index < -0.39 is 65.3 Å². The normalized spacial score (nSPS) is 12.7. The minimum Gasteiger partial charge on any atom is -0.483 e. The number of nitrogens with one attached hydrogen (secondary N) is 2. The zero-order valence-corrected chi connectivity index (χ0v) is 45.7. The summed E-state index contributed by atoms with van der Waals surface area (Å²) in [7, 11) is 0. The van der Waals surface area contributed by atoms with E-state index in [1.54, 1.807) is 0 Å². The van der Waals surface area contributed by atoms with E-state index in [-0.39, 0.29) is 89.9 Å². The number of hydrogen-bond donors (Lipinski definition) is 5. The first-order valence-corrected chi connectivity index (χ1v) is 23.7. The van der Waals surface area contributed by atoms with Crippen molar-refractivity contribution >= 4 is 29.7 Å². The van der Waals surface area contributed by atoms with Crippen molar-refractivity contribution in [3.63, 3.8) is 0 Å². The molecule has 0 aromatic heterocycles. The monoisotopic (exact) mass is 1120 g/mol. The minimum absolute atomic E-state index is 0. The predicted octanol–water partition coefficient (Wildman–Crippen LogP) is 8.57. The SMILES string of the molecule is CC(=O)NCCNC(=O)COc1c2cc(C(C)(C)C)cc1Cc1cc(C(C)(C)C)cc(c1OCC(=O)O)Cc1cc(C(C)(C)C)cc(c1OCC(=O)O)Cc1cc(C(C)(C)C)cc(c1OCC(=O)O)C2.[Tb]. The number of carboxylic acids is 3. The van der Waals surface area contributed by atoms with Crippen molar-refractivity contribution in [3.8, 4) is 23.0 Å². The summed E-state index contributed by atoms with van der Waals surface area (Å²) >= 11 is 0. The van der Waals surface area contributed by atoms with Gasteiger partial charge in [0.2, 0.25) is 5.91 Å². The topological polar surface area (TPSA) is 207 Å². The molecule has 0 heterocycles. The van der Waals surface area contributed by atoms with E-state index in [0.29, 0.717) is 67.5 Å². The van der Waals surface area contributed by atoms with Gasteiger partial charge >= 0.3 is 17.9 Å². The molecule has 0 atom stereocenters. The standard InChI is InChI=1S/C56H72N2O12.Tb/c1-32(59)57-14-15-58-45(60)28-67-49-33-16-35-22-42(54(5,6)7)24-37(50(35)68-29-46(61)62)18-39-26-44(56(11,12)13)27-40(52(39)70-31-48(65)66)19-38-25-43(55(8,9)10)23-36(51(38)69-30-47(63)64)17-34(49)21-41(20-33)53(2,3)4;/h20-27H,14-19,28-31H2,1-13H3,(H,57,59)(H,58,60)(H,61,62)(H,63,64)(H,65,66);. The van der Waals surface area contributed by atoms with Gasteiger partial charge in [-0.1, -0.05) is 132 Å². The minimum atomic E-state index is -1.18. The summed E-state index contributed by atoms with van der Waals surface area (Å²) in [6.45, 7) is 24.5. The second-order valence-corrected chi connectivity index (χ2v) is 22.4. The van der Waals surface area contributed by atoms with Gasteiger partial charge in [0.05, 0.1) is 0 Å². The van der Waals surface area contributed by atoms with Crippen LogP contribution in [0.4, 0.5) is 0 Å². The van der Waals surface area contributed by atoms with Crippen LogP contribution in [0.1, 0.15) is 157 Å². The zero-order valence-electron chi connectivity index (χ0n) is 43.5. The molecule has 1 aliphatic rings. The van der Waals surface area contributed by atoms with Crippen molar-refractivity contribution in [1.82, 2.24) is 10.6 Å². The largest absolute Gasteiger partial charge is 0.483 e. The van der Waals surface area contributed by atoms with Gasteiger partial charge in [0.15, 0.2) is 26.4 Å². The number of rotatable bonds is 15. The molecule has 1 radical (unpaired) electrons. The molecule has 15 heteroatoms. The van der Waals surface area contributed by atoms with Crippen LogP contribution in [0.2, 0.25) is 0 Å². The van der Waals surface area contributed by atoms with Crippen molar-refractivity contribution in [3.05, 3.63) is 115 Å². The molecule has 8 bridgehead atoms. The molecule has 0 unspecified atom stereocenters.